The minimum atomic E-state index is -1.46. The number of thiocarbonyl (C=S) groups is 1. The first-order chi connectivity index (χ1) is 21.3. The van der Waals surface area contributed by atoms with Crippen LogP contribution in [0.4, 0.5) is 0 Å². The molecule has 13 heteroatoms. The lowest BCUT2D eigenvalue weighted by Crippen LogP contribution is -2.67. The van der Waals surface area contributed by atoms with Crippen LogP contribution in [0.15, 0.2) is 30.3 Å². The van der Waals surface area contributed by atoms with Gasteiger partial charge in [0.1, 0.15) is 12.7 Å². The van der Waals surface area contributed by atoms with Crippen LogP contribution in [0.2, 0.25) is 0 Å². The SMILES string of the molecule is CC(C)(C)C(=O)OCC1O[C@@H](NC(=S)NC(=O)c2ccccc2)C(OC(=O)C(C)(C)C)C(OC(=O)C(C)(C)C)[C@@H]1OC(=O)C(C)(C)C. The molecule has 0 aliphatic carbocycles. The van der Waals surface area contributed by atoms with Gasteiger partial charge in [0.2, 0.25) is 0 Å². The Kier molecular flexibility index (Phi) is 12.7. The Bertz CT molecular complexity index is 1320. The van der Waals surface area contributed by atoms with E-state index in [-0.39, 0.29) is 5.11 Å². The van der Waals surface area contributed by atoms with Gasteiger partial charge in [-0.25, -0.2) is 0 Å². The number of amides is 1. The van der Waals surface area contributed by atoms with E-state index in [1.54, 1.807) is 113 Å². The van der Waals surface area contributed by atoms with Crippen LogP contribution in [-0.4, -0.2) is 72.1 Å². The Balaban J connectivity index is 2.65. The zero-order valence-electron chi connectivity index (χ0n) is 29.5. The molecule has 0 spiro atoms. The molecule has 2 rings (SSSR count). The number of carbonyl (C=O) groups is 5. The monoisotopic (exact) mass is 678 g/mol. The van der Waals surface area contributed by atoms with Gasteiger partial charge >= 0.3 is 23.9 Å². The van der Waals surface area contributed by atoms with E-state index in [0.29, 0.717) is 5.56 Å². The number of hydrogen-bond donors (Lipinski definition) is 2. The van der Waals surface area contributed by atoms with Gasteiger partial charge in [-0.05, 0) is 107 Å². The van der Waals surface area contributed by atoms with Gasteiger partial charge in [0.25, 0.3) is 5.91 Å². The zero-order valence-corrected chi connectivity index (χ0v) is 30.3. The van der Waals surface area contributed by atoms with E-state index in [4.69, 9.17) is 35.9 Å². The Morgan fingerprint density at radius 3 is 1.53 bits per heavy atom. The van der Waals surface area contributed by atoms with Crippen molar-refractivity contribution < 1.29 is 47.7 Å². The van der Waals surface area contributed by atoms with Crippen LogP contribution < -0.4 is 10.6 Å². The van der Waals surface area contributed by atoms with Gasteiger partial charge in [-0.1, -0.05) is 18.2 Å². The van der Waals surface area contributed by atoms with E-state index in [1.165, 1.54) is 0 Å². The predicted octanol–water partition coefficient (Wildman–Crippen LogP) is 4.48. The van der Waals surface area contributed by atoms with Crippen LogP contribution in [-0.2, 0) is 42.9 Å². The molecule has 5 atom stereocenters. The number of esters is 4. The maximum absolute atomic E-state index is 13.4. The van der Waals surface area contributed by atoms with Crippen molar-refractivity contribution in [2.45, 2.75) is 114 Å². The average molecular weight is 679 g/mol. The maximum Gasteiger partial charge on any atom is 0.311 e. The Hall–Kier alpha value is -3.58. The van der Waals surface area contributed by atoms with Crippen molar-refractivity contribution in [2.75, 3.05) is 6.61 Å². The minimum Gasteiger partial charge on any atom is -0.462 e. The number of rotatable bonds is 7. The molecule has 1 aliphatic heterocycles. The number of ether oxygens (including phenoxy) is 5. The van der Waals surface area contributed by atoms with Gasteiger partial charge in [0.05, 0.1) is 21.7 Å². The molecule has 1 aromatic carbocycles. The fourth-order valence-electron chi connectivity index (χ4n) is 3.78. The average Bonchev–Trinajstić information content (AvgIpc) is 2.92. The molecule has 1 heterocycles. The lowest BCUT2D eigenvalue weighted by molar-refractivity contribution is -0.262. The second-order valence-electron chi connectivity index (χ2n) is 15.6. The predicted molar refractivity (Wildman–Crippen MR) is 177 cm³/mol. The van der Waals surface area contributed by atoms with Gasteiger partial charge in [-0.3, -0.25) is 29.3 Å². The zero-order chi connectivity index (χ0) is 36.1. The van der Waals surface area contributed by atoms with E-state index in [1.807, 2.05) is 0 Å². The molecule has 1 aliphatic rings. The molecule has 0 bridgehead atoms. The summed E-state index contributed by atoms with van der Waals surface area (Å²) in [7, 11) is 0. The quantitative estimate of drug-likeness (QED) is 0.237. The van der Waals surface area contributed by atoms with Crippen LogP contribution in [0.3, 0.4) is 0 Å². The first kappa shape index (κ1) is 39.6. The highest BCUT2D eigenvalue weighted by Gasteiger charge is 2.55. The summed E-state index contributed by atoms with van der Waals surface area (Å²) in [5, 5.41) is 5.21. The molecule has 1 saturated heterocycles. The third kappa shape index (κ3) is 11.6. The molecule has 0 aromatic heterocycles. The summed E-state index contributed by atoms with van der Waals surface area (Å²) < 4.78 is 29.7. The second kappa shape index (κ2) is 15.1. The first-order valence-electron chi connectivity index (χ1n) is 15.4. The van der Waals surface area contributed by atoms with Gasteiger partial charge < -0.3 is 29.0 Å². The number of hydrogen-bond acceptors (Lipinski definition) is 11. The van der Waals surface area contributed by atoms with Crippen molar-refractivity contribution in [2.24, 2.45) is 21.7 Å². The smallest absolute Gasteiger partial charge is 0.311 e. The molecule has 0 saturated carbocycles. The van der Waals surface area contributed by atoms with Gasteiger partial charge in [0, 0.05) is 5.56 Å². The van der Waals surface area contributed by atoms with Gasteiger partial charge in [-0.2, -0.15) is 0 Å². The van der Waals surface area contributed by atoms with Crippen LogP contribution in [0.1, 0.15) is 93.4 Å². The van der Waals surface area contributed by atoms with Crippen molar-refractivity contribution in [3.05, 3.63) is 35.9 Å². The summed E-state index contributed by atoms with van der Waals surface area (Å²) in [5.74, 6) is -3.14. The molecule has 1 amide bonds. The molecule has 1 aromatic rings. The second-order valence-corrected chi connectivity index (χ2v) is 16.0. The molecular weight excluding hydrogens is 628 g/mol. The largest absolute Gasteiger partial charge is 0.462 e. The van der Waals surface area contributed by atoms with Crippen molar-refractivity contribution in [3.8, 4) is 0 Å². The van der Waals surface area contributed by atoms with Crippen molar-refractivity contribution in [1.29, 1.82) is 0 Å². The van der Waals surface area contributed by atoms with Crippen LogP contribution in [0.5, 0.6) is 0 Å². The molecule has 262 valence electrons. The van der Waals surface area contributed by atoms with Gasteiger partial charge in [-0.15, -0.1) is 0 Å². The normalized spacial score (nSPS) is 21.9. The van der Waals surface area contributed by atoms with Crippen molar-refractivity contribution in [1.82, 2.24) is 10.6 Å². The lowest BCUT2D eigenvalue weighted by atomic mass is 9.92. The Morgan fingerprint density at radius 2 is 1.09 bits per heavy atom. The van der Waals surface area contributed by atoms with Crippen molar-refractivity contribution in [3.63, 3.8) is 0 Å². The third-order valence-electron chi connectivity index (χ3n) is 6.73. The highest BCUT2D eigenvalue weighted by molar-refractivity contribution is 7.80. The fourth-order valence-corrected chi connectivity index (χ4v) is 3.98. The molecule has 3 unspecified atom stereocenters. The van der Waals surface area contributed by atoms with Gasteiger partial charge in [0.15, 0.2) is 29.7 Å². The molecule has 47 heavy (non-hydrogen) atoms. The fraction of sp³-hybridized carbons (Fsp3) is 0.647. The topological polar surface area (TPSA) is 156 Å². The van der Waals surface area contributed by atoms with E-state index in [0.717, 1.165) is 0 Å². The van der Waals surface area contributed by atoms with Crippen LogP contribution >= 0.6 is 12.2 Å². The Labute approximate surface area is 282 Å². The van der Waals surface area contributed by atoms with Crippen molar-refractivity contribution >= 4 is 47.1 Å². The number of carbonyl (C=O) groups excluding carboxylic acids is 5. The van der Waals surface area contributed by atoms with E-state index in [2.05, 4.69) is 10.6 Å². The molecule has 2 N–H and O–H groups in total. The third-order valence-corrected chi connectivity index (χ3v) is 6.95. The van der Waals surface area contributed by atoms with Crippen LogP contribution in [0, 0.1) is 21.7 Å². The Morgan fingerprint density at radius 1 is 0.660 bits per heavy atom. The highest BCUT2D eigenvalue weighted by Crippen LogP contribution is 2.33. The summed E-state index contributed by atoms with van der Waals surface area (Å²) in [6, 6.07) is 8.33. The first-order valence-corrected chi connectivity index (χ1v) is 15.9. The number of benzene rings is 1. The molecular formula is C34H50N2O10S. The summed E-state index contributed by atoms with van der Waals surface area (Å²) in [5.41, 5.74) is -3.58. The molecule has 1 fully saturated rings. The molecule has 12 nitrogen and oxygen atoms in total. The van der Waals surface area contributed by atoms with E-state index >= 15 is 0 Å². The standard InChI is InChI=1S/C34H50N2O10S/c1-31(2,3)26(38)42-18-20-21(44-27(39)32(4,5)6)22(45-28(40)33(7,8)9)23(46-29(41)34(10,11)12)25(43-20)36-30(47)35-24(37)19-16-14-13-15-17-19/h13-17,20-23,25H,18H2,1-12H3,(H2,35,36,37,47)/t20?,21-,22?,23?,25-/m1/s1. The van der Waals surface area contributed by atoms with E-state index < -0.39 is 88.7 Å². The summed E-state index contributed by atoms with van der Waals surface area (Å²) >= 11 is 5.44. The minimum absolute atomic E-state index is 0.197. The number of nitrogens with one attached hydrogen (secondary N) is 2. The lowest BCUT2D eigenvalue weighted by Gasteiger charge is -2.46. The summed E-state index contributed by atoms with van der Waals surface area (Å²) in [4.78, 5) is 65.7. The maximum atomic E-state index is 13.4. The molecule has 0 radical (unpaired) electrons. The summed E-state index contributed by atoms with van der Waals surface area (Å²) in [6.45, 7) is 19.3. The van der Waals surface area contributed by atoms with Crippen LogP contribution in [0.25, 0.3) is 0 Å². The highest BCUT2D eigenvalue weighted by atomic mass is 32.1. The van der Waals surface area contributed by atoms with E-state index in [9.17, 15) is 24.0 Å². The summed E-state index contributed by atoms with van der Waals surface area (Å²) in [6.07, 6.45) is -6.92.